The first-order valence-corrected chi connectivity index (χ1v) is 14.1. The van der Waals surface area contributed by atoms with Gasteiger partial charge in [-0.15, -0.1) is 0 Å². The first kappa shape index (κ1) is 29.2. The zero-order valence-corrected chi connectivity index (χ0v) is 21.6. The maximum absolute atomic E-state index is 2.31. The van der Waals surface area contributed by atoms with Crippen molar-refractivity contribution in [3.05, 3.63) is 58.1 Å². The zero-order chi connectivity index (χ0) is 17.5. The van der Waals surface area contributed by atoms with Gasteiger partial charge in [-0.25, -0.2) is 6.07 Å². The van der Waals surface area contributed by atoms with Crippen LogP contribution in [0.25, 0.3) is 0 Å². The first-order valence-electron chi connectivity index (χ1n) is 7.90. The van der Waals surface area contributed by atoms with Crippen LogP contribution in [0, 0.1) is 27.7 Å². The van der Waals surface area contributed by atoms with E-state index in [0.717, 1.165) is 0 Å². The molecule has 0 nitrogen and oxygen atoms in total. The predicted molar refractivity (Wildman–Crippen MR) is 99.2 cm³/mol. The van der Waals surface area contributed by atoms with E-state index < -0.39 is 0 Å². The van der Waals surface area contributed by atoms with Crippen molar-refractivity contribution in [1.82, 2.24) is 0 Å². The Labute approximate surface area is 177 Å². The minimum absolute atomic E-state index is 0. The fourth-order valence-electron chi connectivity index (χ4n) is 2.01. The standard InChI is InChI=1S/2C9H13.C2H6Si.2ClH.Zr/c1-6-5-7(2)9(4)8(6)3;1-9(2,3)8-6-4-5-7-8;1-3-2;;;/h5H,1-4H3;4-7H,1-3H3;1-2H3;2*1H;/q2*-1;;;;+2/p-2. The summed E-state index contributed by atoms with van der Waals surface area (Å²) in [7, 11) is 0. The molecule has 0 aliphatic rings. The topological polar surface area (TPSA) is 0 Å². The quantitative estimate of drug-likeness (QED) is 0.386. The van der Waals surface area contributed by atoms with Gasteiger partial charge in [0.1, 0.15) is 0 Å². The van der Waals surface area contributed by atoms with Gasteiger partial charge < -0.3 is 24.8 Å². The molecule has 0 bridgehead atoms. The van der Waals surface area contributed by atoms with E-state index in [0.29, 0.717) is 5.41 Å². The number of rotatable bonds is 0. The molecule has 0 aliphatic carbocycles. The van der Waals surface area contributed by atoms with Crippen molar-refractivity contribution >= 4 is 5.43 Å². The average molecular weight is 463 g/mol. The summed E-state index contributed by atoms with van der Waals surface area (Å²) in [5.74, 6) is 0. The van der Waals surface area contributed by atoms with Crippen LogP contribution in [0.5, 0.6) is 0 Å². The second-order valence-corrected chi connectivity index (χ2v) is 16.6. The van der Waals surface area contributed by atoms with Crippen molar-refractivity contribution in [2.24, 2.45) is 0 Å². The van der Waals surface area contributed by atoms with E-state index in [1.807, 2.05) is 0 Å². The van der Waals surface area contributed by atoms with Crippen LogP contribution in [0.2, 0.25) is 13.1 Å². The Balaban J connectivity index is -0.000000283. The van der Waals surface area contributed by atoms with Gasteiger partial charge in [0.05, 0.1) is 0 Å². The Morgan fingerprint density at radius 3 is 1.67 bits per heavy atom. The van der Waals surface area contributed by atoms with Crippen molar-refractivity contribution < 1.29 is 48.1 Å². The molecule has 0 aromatic heterocycles. The molecule has 0 fully saturated rings. The molecule has 0 N–H and O–H groups in total. The summed E-state index contributed by atoms with van der Waals surface area (Å²) in [4.78, 5) is 0. The number of hydrogen-bond donors (Lipinski definition) is 0. The second kappa shape index (κ2) is 13.6. The van der Waals surface area contributed by atoms with Gasteiger partial charge in [-0.05, 0) is 0 Å². The van der Waals surface area contributed by atoms with Gasteiger partial charge in [0, 0.05) is 0 Å². The monoisotopic (exact) mass is 460 g/mol. The van der Waals surface area contributed by atoms with E-state index in [1.165, 1.54) is 27.8 Å². The molecule has 2 aromatic carbocycles. The SMILES string of the molecule is CC(C)(C)c1cc[cH-]c1.C[Si](C)=[Zr+2].Cc1c[c-](C)c(C)c1C.[Cl-].[Cl-]. The molecular formula is C20H32Cl2SiZr-2. The minimum Gasteiger partial charge on any atom is -1.00 e. The van der Waals surface area contributed by atoms with Gasteiger partial charge >= 0.3 is 41.9 Å². The van der Waals surface area contributed by atoms with E-state index in [-0.39, 0.29) is 30.2 Å². The van der Waals surface area contributed by atoms with E-state index in [4.69, 9.17) is 0 Å². The van der Waals surface area contributed by atoms with E-state index in [1.54, 1.807) is 23.3 Å². The summed E-state index contributed by atoms with van der Waals surface area (Å²) in [5.41, 5.74) is 7.70. The van der Waals surface area contributed by atoms with Crippen LogP contribution in [0.4, 0.5) is 0 Å². The third kappa shape index (κ3) is 11.9. The molecule has 0 atom stereocenters. The van der Waals surface area contributed by atoms with Crippen LogP contribution >= 0.6 is 0 Å². The van der Waals surface area contributed by atoms with E-state index in [2.05, 4.69) is 91.9 Å². The smallest absolute Gasteiger partial charge is 0.0630 e. The number of halogens is 2. The maximum Gasteiger partial charge on any atom is -0.0630 e. The molecule has 0 heterocycles. The molecule has 0 aliphatic heterocycles. The fraction of sp³-hybridized carbons (Fsp3) is 0.500. The summed E-state index contributed by atoms with van der Waals surface area (Å²) in [6, 6.07) is 10.7. The molecule has 0 radical (unpaired) electrons. The Morgan fingerprint density at radius 2 is 1.54 bits per heavy atom. The summed E-state index contributed by atoms with van der Waals surface area (Å²) in [5, 5.41) is 0. The second-order valence-electron chi connectivity index (χ2n) is 7.18. The Morgan fingerprint density at radius 1 is 1.08 bits per heavy atom. The Hall–Kier alpha value is 0.380. The van der Waals surface area contributed by atoms with Gasteiger partial charge in [0.15, 0.2) is 0 Å². The van der Waals surface area contributed by atoms with Gasteiger partial charge in [-0.1, -0.05) is 53.9 Å². The normalized spacial score (nSPS) is 9.46. The summed E-state index contributed by atoms with van der Waals surface area (Å²) < 4.78 is 0. The van der Waals surface area contributed by atoms with Crippen molar-refractivity contribution in [3.8, 4) is 0 Å². The minimum atomic E-state index is 0. The maximum atomic E-state index is 2.31. The Kier molecular flexibility index (Phi) is 16.5. The number of aryl methyl sites for hydroxylation is 2. The fourth-order valence-corrected chi connectivity index (χ4v) is 2.01. The largest absolute Gasteiger partial charge is 1.00 e. The van der Waals surface area contributed by atoms with Crippen molar-refractivity contribution in [2.45, 2.75) is 67.0 Å². The Bertz CT molecular complexity index is 549. The third-order valence-electron chi connectivity index (χ3n) is 3.71. The third-order valence-corrected chi connectivity index (χ3v) is 3.71. The summed E-state index contributed by atoms with van der Waals surface area (Å²) in [6.07, 6.45) is 0. The van der Waals surface area contributed by atoms with Gasteiger partial charge in [-0.2, -0.15) is 52.1 Å². The van der Waals surface area contributed by atoms with Crippen molar-refractivity contribution in [1.29, 1.82) is 0 Å². The molecule has 0 saturated carbocycles. The zero-order valence-electron chi connectivity index (χ0n) is 16.6. The molecule has 0 unspecified atom stereocenters. The van der Waals surface area contributed by atoms with Crippen LogP contribution in [0.3, 0.4) is 0 Å². The molecule has 0 saturated heterocycles. The number of hydrogen-bond acceptors (Lipinski definition) is 0. The van der Waals surface area contributed by atoms with Crippen molar-refractivity contribution in [3.63, 3.8) is 0 Å². The summed E-state index contributed by atoms with van der Waals surface area (Å²) in [6.45, 7) is 20.0. The molecular weight excluding hydrogens is 430 g/mol. The molecule has 2 rings (SSSR count). The molecule has 2 aromatic rings. The van der Waals surface area contributed by atoms with Gasteiger partial charge in [0.25, 0.3) is 0 Å². The average Bonchev–Trinajstić information content (AvgIpc) is 2.96. The van der Waals surface area contributed by atoms with Crippen LogP contribution < -0.4 is 24.8 Å². The molecule has 24 heavy (non-hydrogen) atoms. The first-order chi connectivity index (χ1) is 9.96. The molecule has 4 heteroatoms. The molecule has 136 valence electrons. The van der Waals surface area contributed by atoms with Crippen LogP contribution in [0.1, 0.15) is 48.6 Å². The van der Waals surface area contributed by atoms with E-state index >= 15 is 0 Å². The van der Waals surface area contributed by atoms with Crippen LogP contribution in [0.15, 0.2) is 30.3 Å². The van der Waals surface area contributed by atoms with Gasteiger partial charge in [-0.3, -0.25) is 0 Å². The predicted octanol–water partition coefficient (Wildman–Crippen LogP) is 0.134. The van der Waals surface area contributed by atoms with Gasteiger partial charge in [0.2, 0.25) is 0 Å². The van der Waals surface area contributed by atoms with Crippen LogP contribution in [-0.4, -0.2) is 5.43 Å². The van der Waals surface area contributed by atoms with Crippen LogP contribution in [-0.2, 0) is 28.8 Å². The van der Waals surface area contributed by atoms with E-state index in [9.17, 15) is 0 Å². The van der Waals surface area contributed by atoms with Crippen molar-refractivity contribution in [2.75, 3.05) is 0 Å². The summed E-state index contributed by atoms with van der Waals surface area (Å²) >= 11 is 1.74. The molecule has 0 spiro atoms. The molecule has 0 amide bonds.